The maximum atomic E-state index is 11.4. The van der Waals surface area contributed by atoms with Crippen LogP contribution in [0.25, 0.3) is 0 Å². The molecule has 0 spiro atoms. The molecule has 5 nitrogen and oxygen atoms in total. The molecular formula is C11H22N2O3. The van der Waals surface area contributed by atoms with Crippen molar-refractivity contribution in [1.29, 1.82) is 0 Å². The van der Waals surface area contributed by atoms with Crippen LogP contribution in [0.4, 0.5) is 0 Å². The van der Waals surface area contributed by atoms with Gasteiger partial charge in [0.1, 0.15) is 0 Å². The number of hydrogen-bond donors (Lipinski definition) is 2. The first-order chi connectivity index (χ1) is 7.58. The Labute approximate surface area is 96.7 Å². The van der Waals surface area contributed by atoms with Crippen LogP contribution in [0.5, 0.6) is 0 Å². The van der Waals surface area contributed by atoms with E-state index in [2.05, 4.69) is 5.32 Å². The number of carbonyl (C=O) groups is 1. The minimum atomic E-state index is -0.101. The number of nitrogens with one attached hydrogen (secondary N) is 1. The summed E-state index contributed by atoms with van der Waals surface area (Å²) in [6, 6.07) is -0.0804. The number of hydrogen-bond acceptors (Lipinski definition) is 4. The zero-order valence-electron chi connectivity index (χ0n) is 10.1. The summed E-state index contributed by atoms with van der Waals surface area (Å²) in [5.41, 5.74) is 5.53. The second-order valence-corrected chi connectivity index (χ2v) is 4.47. The Morgan fingerprint density at radius 3 is 2.94 bits per heavy atom. The van der Waals surface area contributed by atoms with Crippen LogP contribution < -0.4 is 11.1 Å². The van der Waals surface area contributed by atoms with Gasteiger partial charge in [0, 0.05) is 25.1 Å². The van der Waals surface area contributed by atoms with Gasteiger partial charge in [-0.25, -0.2) is 0 Å². The van der Waals surface area contributed by atoms with Crippen molar-refractivity contribution in [1.82, 2.24) is 5.32 Å². The summed E-state index contributed by atoms with van der Waals surface area (Å²) in [6.07, 6.45) is 1.49. The maximum Gasteiger partial charge on any atom is 0.221 e. The van der Waals surface area contributed by atoms with E-state index in [4.69, 9.17) is 15.2 Å². The maximum absolute atomic E-state index is 11.4. The first kappa shape index (κ1) is 13.4. The van der Waals surface area contributed by atoms with Crippen molar-refractivity contribution in [2.45, 2.75) is 44.9 Å². The topological polar surface area (TPSA) is 73.6 Å². The summed E-state index contributed by atoms with van der Waals surface area (Å²) in [4.78, 5) is 11.4. The Morgan fingerprint density at radius 1 is 1.62 bits per heavy atom. The van der Waals surface area contributed by atoms with E-state index >= 15 is 0 Å². The van der Waals surface area contributed by atoms with Crippen molar-refractivity contribution >= 4 is 5.91 Å². The van der Waals surface area contributed by atoms with Crippen LogP contribution in [0.15, 0.2) is 0 Å². The number of amides is 1. The van der Waals surface area contributed by atoms with Crippen molar-refractivity contribution in [2.75, 3.05) is 19.8 Å². The van der Waals surface area contributed by atoms with Gasteiger partial charge in [0.05, 0.1) is 19.3 Å². The minimum Gasteiger partial charge on any atom is -0.379 e. The second kappa shape index (κ2) is 6.83. The Morgan fingerprint density at radius 2 is 2.38 bits per heavy atom. The van der Waals surface area contributed by atoms with Crippen molar-refractivity contribution in [3.63, 3.8) is 0 Å². The van der Waals surface area contributed by atoms with Crippen molar-refractivity contribution in [3.8, 4) is 0 Å². The van der Waals surface area contributed by atoms with E-state index in [0.29, 0.717) is 19.6 Å². The van der Waals surface area contributed by atoms with E-state index in [1.165, 1.54) is 0 Å². The highest BCUT2D eigenvalue weighted by Crippen LogP contribution is 2.08. The van der Waals surface area contributed by atoms with Crippen LogP contribution >= 0.6 is 0 Å². The largest absolute Gasteiger partial charge is 0.379 e. The Hall–Kier alpha value is -0.650. The third-order valence-corrected chi connectivity index (χ3v) is 2.38. The average molecular weight is 230 g/mol. The van der Waals surface area contributed by atoms with Crippen molar-refractivity contribution < 1.29 is 14.3 Å². The molecular weight excluding hydrogens is 208 g/mol. The molecule has 1 saturated heterocycles. The standard InChI is InChI=1S/C11H22N2O3/c1-8(12)5-11(14)13-9(2)6-16-10-3-4-15-7-10/h8-10H,3-7,12H2,1-2H3,(H,13,14). The fraction of sp³-hybridized carbons (Fsp3) is 0.909. The first-order valence-electron chi connectivity index (χ1n) is 5.82. The van der Waals surface area contributed by atoms with Gasteiger partial charge in [0.25, 0.3) is 0 Å². The molecule has 1 amide bonds. The molecule has 94 valence electrons. The molecule has 1 fully saturated rings. The van der Waals surface area contributed by atoms with Gasteiger partial charge in [-0.1, -0.05) is 0 Å². The zero-order valence-corrected chi connectivity index (χ0v) is 10.1. The van der Waals surface area contributed by atoms with Gasteiger partial charge in [-0.05, 0) is 20.3 Å². The van der Waals surface area contributed by atoms with E-state index in [-0.39, 0.29) is 24.1 Å². The Bertz CT molecular complexity index is 215. The van der Waals surface area contributed by atoms with Gasteiger partial charge in [-0.3, -0.25) is 4.79 Å². The summed E-state index contributed by atoms with van der Waals surface area (Å²) in [7, 11) is 0. The summed E-state index contributed by atoms with van der Waals surface area (Å²) < 4.78 is 10.8. The summed E-state index contributed by atoms with van der Waals surface area (Å²) in [6.45, 7) is 5.71. The van der Waals surface area contributed by atoms with Gasteiger partial charge in [-0.15, -0.1) is 0 Å². The van der Waals surface area contributed by atoms with E-state index in [1.807, 2.05) is 13.8 Å². The molecule has 0 aromatic rings. The molecule has 1 heterocycles. The highest BCUT2D eigenvalue weighted by molar-refractivity contribution is 5.76. The van der Waals surface area contributed by atoms with E-state index < -0.39 is 0 Å². The van der Waals surface area contributed by atoms with E-state index in [9.17, 15) is 4.79 Å². The van der Waals surface area contributed by atoms with Crippen LogP contribution in [-0.4, -0.2) is 43.9 Å². The lowest BCUT2D eigenvalue weighted by molar-refractivity contribution is -0.122. The predicted molar refractivity (Wildman–Crippen MR) is 61.0 cm³/mol. The third-order valence-electron chi connectivity index (χ3n) is 2.38. The highest BCUT2D eigenvalue weighted by Gasteiger charge is 2.17. The smallest absolute Gasteiger partial charge is 0.221 e. The van der Waals surface area contributed by atoms with E-state index in [0.717, 1.165) is 13.0 Å². The number of ether oxygens (including phenoxy) is 2. The minimum absolute atomic E-state index is 0.0197. The van der Waals surface area contributed by atoms with Gasteiger partial charge in [0.15, 0.2) is 0 Å². The molecule has 1 aliphatic heterocycles. The fourth-order valence-electron chi connectivity index (χ4n) is 1.59. The molecule has 0 aromatic carbocycles. The third kappa shape index (κ3) is 5.44. The second-order valence-electron chi connectivity index (χ2n) is 4.47. The molecule has 5 heteroatoms. The SMILES string of the molecule is CC(N)CC(=O)NC(C)COC1CCOC1. The number of nitrogens with two attached hydrogens (primary N) is 1. The Balaban J connectivity index is 2.09. The summed E-state index contributed by atoms with van der Waals surface area (Å²) in [5.74, 6) is -0.0197. The lowest BCUT2D eigenvalue weighted by Crippen LogP contribution is -2.39. The first-order valence-corrected chi connectivity index (χ1v) is 5.82. The van der Waals surface area contributed by atoms with Crippen molar-refractivity contribution in [3.05, 3.63) is 0 Å². The monoisotopic (exact) mass is 230 g/mol. The molecule has 0 saturated carbocycles. The van der Waals surface area contributed by atoms with Gasteiger partial charge in [0.2, 0.25) is 5.91 Å². The molecule has 0 bridgehead atoms. The van der Waals surface area contributed by atoms with Crippen molar-refractivity contribution in [2.24, 2.45) is 5.73 Å². The fourth-order valence-corrected chi connectivity index (χ4v) is 1.59. The molecule has 0 radical (unpaired) electrons. The molecule has 0 aromatic heterocycles. The number of rotatable bonds is 6. The van der Waals surface area contributed by atoms with Crippen LogP contribution in [0.3, 0.4) is 0 Å². The summed E-state index contributed by atoms with van der Waals surface area (Å²) >= 11 is 0. The molecule has 3 unspecified atom stereocenters. The lowest BCUT2D eigenvalue weighted by atomic mass is 10.2. The quantitative estimate of drug-likeness (QED) is 0.675. The van der Waals surface area contributed by atoms with E-state index in [1.54, 1.807) is 0 Å². The van der Waals surface area contributed by atoms with Crippen LogP contribution in [0.1, 0.15) is 26.7 Å². The van der Waals surface area contributed by atoms with Crippen LogP contribution in [0.2, 0.25) is 0 Å². The molecule has 3 atom stereocenters. The van der Waals surface area contributed by atoms with Gasteiger partial charge in [-0.2, -0.15) is 0 Å². The normalized spacial score (nSPS) is 24.1. The summed E-state index contributed by atoms with van der Waals surface area (Å²) in [5, 5.41) is 2.85. The average Bonchev–Trinajstić information content (AvgIpc) is 2.65. The molecule has 3 N–H and O–H groups in total. The molecule has 1 aliphatic rings. The lowest BCUT2D eigenvalue weighted by Gasteiger charge is -2.17. The Kier molecular flexibility index (Phi) is 5.73. The number of carbonyl (C=O) groups excluding carboxylic acids is 1. The predicted octanol–water partition coefficient (Wildman–Crippen LogP) is 0.0339. The molecule has 16 heavy (non-hydrogen) atoms. The molecule has 1 rings (SSSR count). The van der Waals surface area contributed by atoms with Crippen LogP contribution in [-0.2, 0) is 14.3 Å². The molecule has 0 aliphatic carbocycles. The van der Waals surface area contributed by atoms with Gasteiger partial charge < -0.3 is 20.5 Å². The van der Waals surface area contributed by atoms with Crippen LogP contribution in [0, 0.1) is 0 Å². The zero-order chi connectivity index (χ0) is 12.0. The highest BCUT2D eigenvalue weighted by atomic mass is 16.5. The van der Waals surface area contributed by atoms with Gasteiger partial charge >= 0.3 is 0 Å².